The number of halogens is 3. The molecule has 0 bridgehead atoms. The van der Waals surface area contributed by atoms with Crippen molar-refractivity contribution >= 4 is 0 Å². The predicted molar refractivity (Wildman–Crippen MR) is 86.0 cm³/mol. The van der Waals surface area contributed by atoms with Crippen LogP contribution in [0.3, 0.4) is 0 Å². The quantitative estimate of drug-likeness (QED) is 0.654. The number of allylic oxidation sites excluding steroid dienone is 1. The van der Waals surface area contributed by atoms with Gasteiger partial charge in [0.1, 0.15) is 5.82 Å². The van der Waals surface area contributed by atoms with Crippen LogP contribution in [-0.2, 0) is 19.3 Å². The third-order valence-corrected chi connectivity index (χ3v) is 4.65. The second-order valence-electron chi connectivity index (χ2n) is 6.12. The molecule has 0 amide bonds. The van der Waals surface area contributed by atoms with Gasteiger partial charge in [-0.15, -0.1) is 6.58 Å². The Morgan fingerprint density at radius 3 is 2.65 bits per heavy atom. The first-order chi connectivity index (χ1) is 11.1. The molecule has 3 rings (SSSR count). The zero-order chi connectivity index (χ0) is 16.4. The number of rotatable bonds is 4. The lowest BCUT2D eigenvalue weighted by molar-refractivity contribution is 0.470. The Hall–Kier alpha value is -2.03. The van der Waals surface area contributed by atoms with Crippen LogP contribution in [0.5, 0.6) is 0 Å². The van der Waals surface area contributed by atoms with E-state index in [0.717, 1.165) is 30.4 Å². The number of fused-ring (bicyclic) bond motifs is 1. The summed E-state index contributed by atoms with van der Waals surface area (Å²) >= 11 is 0. The van der Waals surface area contributed by atoms with Gasteiger partial charge >= 0.3 is 0 Å². The molecule has 0 aromatic heterocycles. The highest BCUT2D eigenvalue weighted by molar-refractivity contribution is 5.37. The minimum absolute atomic E-state index is 0.104. The van der Waals surface area contributed by atoms with Crippen molar-refractivity contribution < 1.29 is 13.2 Å². The molecule has 0 radical (unpaired) electrons. The number of aryl methyl sites for hydroxylation is 2. The summed E-state index contributed by atoms with van der Waals surface area (Å²) in [6, 6.07) is 8.07. The van der Waals surface area contributed by atoms with Gasteiger partial charge in [-0.05, 0) is 72.4 Å². The van der Waals surface area contributed by atoms with Crippen LogP contribution in [0.1, 0.15) is 41.0 Å². The van der Waals surface area contributed by atoms with E-state index in [1.807, 2.05) is 6.07 Å². The molecule has 120 valence electrons. The average Bonchev–Trinajstić information content (AvgIpc) is 2.56. The van der Waals surface area contributed by atoms with E-state index in [1.54, 1.807) is 24.3 Å². The summed E-state index contributed by atoms with van der Waals surface area (Å²) in [7, 11) is 0. The topological polar surface area (TPSA) is 0 Å². The van der Waals surface area contributed by atoms with E-state index < -0.39 is 11.6 Å². The van der Waals surface area contributed by atoms with E-state index >= 15 is 0 Å². The van der Waals surface area contributed by atoms with Crippen molar-refractivity contribution in [2.24, 2.45) is 0 Å². The first-order valence-corrected chi connectivity index (χ1v) is 7.95. The van der Waals surface area contributed by atoms with Gasteiger partial charge in [-0.25, -0.2) is 13.2 Å². The largest absolute Gasteiger partial charge is 0.207 e. The van der Waals surface area contributed by atoms with Crippen LogP contribution in [0.2, 0.25) is 0 Å². The van der Waals surface area contributed by atoms with Gasteiger partial charge in [-0.1, -0.05) is 24.3 Å². The highest BCUT2D eigenvalue weighted by Crippen LogP contribution is 2.35. The van der Waals surface area contributed by atoms with Gasteiger partial charge < -0.3 is 0 Å². The molecule has 1 aliphatic rings. The zero-order valence-corrected chi connectivity index (χ0v) is 12.9. The van der Waals surface area contributed by atoms with Crippen LogP contribution in [0.25, 0.3) is 0 Å². The summed E-state index contributed by atoms with van der Waals surface area (Å²) in [4.78, 5) is 0. The molecule has 0 fully saturated rings. The third kappa shape index (κ3) is 3.19. The Kier molecular flexibility index (Phi) is 4.56. The predicted octanol–water partition coefficient (Wildman–Crippen LogP) is 5.50. The Morgan fingerprint density at radius 1 is 1.09 bits per heavy atom. The van der Waals surface area contributed by atoms with Crippen molar-refractivity contribution in [2.45, 2.75) is 38.0 Å². The minimum Gasteiger partial charge on any atom is -0.207 e. The molecule has 0 N–H and O–H groups in total. The molecule has 1 atom stereocenters. The lowest BCUT2D eigenvalue weighted by atomic mass is 9.79. The highest BCUT2D eigenvalue weighted by Gasteiger charge is 2.26. The Labute approximate surface area is 134 Å². The molecule has 0 saturated carbocycles. The maximum Gasteiger partial charge on any atom is 0.162 e. The summed E-state index contributed by atoms with van der Waals surface area (Å²) in [6.07, 6.45) is 5.12. The number of benzene rings is 2. The second kappa shape index (κ2) is 6.61. The van der Waals surface area contributed by atoms with Gasteiger partial charge in [-0.3, -0.25) is 0 Å². The van der Waals surface area contributed by atoms with Gasteiger partial charge in [0.05, 0.1) is 0 Å². The summed E-state index contributed by atoms with van der Waals surface area (Å²) < 4.78 is 41.9. The van der Waals surface area contributed by atoms with Crippen LogP contribution in [-0.4, -0.2) is 0 Å². The number of hydrogen-bond acceptors (Lipinski definition) is 0. The standard InChI is InChI=1S/C20H19F3/c1-2-3-4-13-5-9-16(19(22)11-13)15-7-6-14-8-10-18(21)20(23)17(14)12-15/h2,5,8-11,15H,1,3-4,6-7,12H2. The van der Waals surface area contributed by atoms with E-state index in [0.29, 0.717) is 24.0 Å². The van der Waals surface area contributed by atoms with Crippen LogP contribution in [0, 0.1) is 17.5 Å². The maximum atomic E-state index is 14.4. The molecule has 1 unspecified atom stereocenters. The van der Waals surface area contributed by atoms with Gasteiger partial charge in [0, 0.05) is 0 Å². The molecule has 2 aromatic carbocycles. The fourth-order valence-electron chi connectivity index (χ4n) is 3.36. The van der Waals surface area contributed by atoms with Crippen molar-refractivity contribution in [3.8, 4) is 0 Å². The molecule has 1 aliphatic carbocycles. The molecule has 2 aromatic rings. The van der Waals surface area contributed by atoms with E-state index in [2.05, 4.69) is 6.58 Å². The van der Waals surface area contributed by atoms with Crippen LogP contribution in [0.4, 0.5) is 13.2 Å². The van der Waals surface area contributed by atoms with E-state index in [9.17, 15) is 13.2 Å². The molecule has 23 heavy (non-hydrogen) atoms. The fraction of sp³-hybridized carbons (Fsp3) is 0.300. The first kappa shape index (κ1) is 15.9. The molecular weight excluding hydrogens is 297 g/mol. The van der Waals surface area contributed by atoms with E-state index in [4.69, 9.17) is 0 Å². The second-order valence-corrected chi connectivity index (χ2v) is 6.12. The molecule has 0 saturated heterocycles. The Bertz CT molecular complexity index is 734. The zero-order valence-electron chi connectivity index (χ0n) is 12.9. The summed E-state index contributed by atoms with van der Waals surface area (Å²) in [5, 5.41) is 0. The van der Waals surface area contributed by atoms with Crippen molar-refractivity contribution in [3.63, 3.8) is 0 Å². The van der Waals surface area contributed by atoms with Gasteiger partial charge in [0.15, 0.2) is 11.6 Å². The molecule has 0 nitrogen and oxygen atoms in total. The van der Waals surface area contributed by atoms with Gasteiger partial charge in [0.2, 0.25) is 0 Å². The highest BCUT2D eigenvalue weighted by atomic mass is 19.2. The SMILES string of the molecule is C=CCCc1ccc(C2CCc3ccc(F)c(F)c3C2)c(F)c1. The van der Waals surface area contributed by atoms with Crippen LogP contribution in [0.15, 0.2) is 43.0 Å². The summed E-state index contributed by atoms with van der Waals surface area (Å²) in [5.74, 6) is -1.97. The Balaban J connectivity index is 1.86. The molecule has 0 spiro atoms. The molecule has 0 aliphatic heterocycles. The Morgan fingerprint density at radius 2 is 1.91 bits per heavy atom. The van der Waals surface area contributed by atoms with Gasteiger partial charge in [-0.2, -0.15) is 0 Å². The molecule has 0 heterocycles. The normalized spacial score (nSPS) is 16.9. The average molecular weight is 316 g/mol. The van der Waals surface area contributed by atoms with E-state index in [-0.39, 0.29) is 11.7 Å². The van der Waals surface area contributed by atoms with Crippen molar-refractivity contribution in [2.75, 3.05) is 0 Å². The lowest BCUT2D eigenvalue weighted by Crippen LogP contribution is -2.16. The van der Waals surface area contributed by atoms with Crippen LogP contribution < -0.4 is 0 Å². The maximum absolute atomic E-state index is 14.4. The smallest absolute Gasteiger partial charge is 0.162 e. The lowest BCUT2D eigenvalue weighted by Gasteiger charge is -2.26. The monoisotopic (exact) mass is 316 g/mol. The summed E-state index contributed by atoms with van der Waals surface area (Å²) in [6.45, 7) is 3.67. The minimum atomic E-state index is -0.829. The molecular formula is C20H19F3. The van der Waals surface area contributed by atoms with E-state index in [1.165, 1.54) is 6.07 Å². The van der Waals surface area contributed by atoms with Crippen molar-refractivity contribution in [1.29, 1.82) is 0 Å². The van der Waals surface area contributed by atoms with Gasteiger partial charge in [0.25, 0.3) is 0 Å². The fourth-order valence-corrected chi connectivity index (χ4v) is 3.36. The molecule has 3 heteroatoms. The summed E-state index contributed by atoms with van der Waals surface area (Å²) in [5.41, 5.74) is 2.76. The van der Waals surface area contributed by atoms with Crippen LogP contribution >= 0.6 is 0 Å². The first-order valence-electron chi connectivity index (χ1n) is 7.95. The van der Waals surface area contributed by atoms with Crippen molar-refractivity contribution in [1.82, 2.24) is 0 Å². The van der Waals surface area contributed by atoms with Crippen molar-refractivity contribution in [3.05, 3.63) is 82.7 Å². The third-order valence-electron chi connectivity index (χ3n) is 4.65. The number of hydrogen-bond donors (Lipinski definition) is 0.